The van der Waals surface area contributed by atoms with E-state index in [9.17, 15) is 8.42 Å². The smallest absolute Gasteiger partial charge is 0.244 e. The first-order valence-corrected chi connectivity index (χ1v) is 8.01. The lowest BCUT2D eigenvalue weighted by Gasteiger charge is -2.27. The van der Waals surface area contributed by atoms with Gasteiger partial charge < -0.3 is 5.32 Å². The molecule has 1 aliphatic heterocycles. The molecule has 1 atom stereocenters. The maximum Gasteiger partial charge on any atom is 0.244 e. The summed E-state index contributed by atoms with van der Waals surface area (Å²) in [5, 5.41) is 12.0. The number of sulfonamides is 1. The fourth-order valence-corrected chi connectivity index (χ4v) is 3.51. The van der Waals surface area contributed by atoms with Crippen LogP contribution in [0, 0.1) is 17.2 Å². The average Bonchev–Trinajstić information content (AvgIpc) is 2.48. The molecule has 0 aromatic carbocycles. The van der Waals surface area contributed by atoms with Gasteiger partial charge in [0.15, 0.2) is 0 Å². The van der Waals surface area contributed by atoms with Crippen LogP contribution >= 0.6 is 0 Å². The Morgan fingerprint density at radius 3 is 2.90 bits per heavy atom. The number of hydrogen-bond donors (Lipinski definition) is 1. The second kappa shape index (κ2) is 6.31. The largest absolute Gasteiger partial charge is 0.316 e. The predicted molar refractivity (Wildman–Crippen MR) is 74.4 cm³/mol. The summed E-state index contributed by atoms with van der Waals surface area (Å²) in [7, 11) is -1.94. The molecule has 2 rings (SSSR count). The molecule has 1 aliphatic rings. The maximum absolute atomic E-state index is 12.4. The van der Waals surface area contributed by atoms with E-state index in [-0.39, 0.29) is 10.6 Å². The molecule has 108 valence electrons. The van der Waals surface area contributed by atoms with Crippen molar-refractivity contribution in [2.45, 2.75) is 17.7 Å². The highest BCUT2D eigenvalue weighted by atomic mass is 32.2. The van der Waals surface area contributed by atoms with Crippen molar-refractivity contribution >= 4 is 10.0 Å². The highest BCUT2D eigenvalue weighted by Crippen LogP contribution is 2.17. The SMILES string of the molecule is CN(CC1CCCNC1)S(=O)(=O)c1ccc(C#N)nc1. The van der Waals surface area contributed by atoms with Crippen molar-refractivity contribution in [1.82, 2.24) is 14.6 Å². The minimum absolute atomic E-state index is 0.128. The normalized spacial score (nSPS) is 19.8. The van der Waals surface area contributed by atoms with Crippen molar-refractivity contribution < 1.29 is 8.42 Å². The van der Waals surface area contributed by atoms with Crippen LogP contribution in [0.5, 0.6) is 0 Å². The molecule has 2 heterocycles. The predicted octanol–water partition coefficient (Wildman–Crippen LogP) is 0.573. The maximum atomic E-state index is 12.4. The summed E-state index contributed by atoms with van der Waals surface area (Å²) in [5.41, 5.74) is 0.211. The molecule has 0 spiro atoms. The Hall–Kier alpha value is -1.49. The fourth-order valence-electron chi connectivity index (χ4n) is 2.32. The first kappa shape index (κ1) is 14.9. The third kappa shape index (κ3) is 3.33. The molecule has 7 heteroatoms. The van der Waals surface area contributed by atoms with Gasteiger partial charge in [-0.3, -0.25) is 0 Å². The Labute approximate surface area is 119 Å². The number of nitriles is 1. The zero-order valence-electron chi connectivity index (χ0n) is 11.4. The topological polar surface area (TPSA) is 86.1 Å². The summed E-state index contributed by atoms with van der Waals surface area (Å²) in [6.07, 6.45) is 3.36. The average molecular weight is 294 g/mol. The number of nitrogens with zero attached hydrogens (tertiary/aromatic N) is 3. The quantitative estimate of drug-likeness (QED) is 0.877. The van der Waals surface area contributed by atoms with Crippen molar-refractivity contribution in [2.24, 2.45) is 5.92 Å². The van der Waals surface area contributed by atoms with Crippen LogP contribution in [0.25, 0.3) is 0 Å². The van der Waals surface area contributed by atoms with Gasteiger partial charge in [0.25, 0.3) is 0 Å². The first-order valence-electron chi connectivity index (χ1n) is 6.57. The van der Waals surface area contributed by atoms with Crippen LogP contribution in [0.15, 0.2) is 23.2 Å². The van der Waals surface area contributed by atoms with Gasteiger partial charge in [-0.15, -0.1) is 0 Å². The van der Waals surface area contributed by atoms with Crippen molar-refractivity contribution in [3.05, 3.63) is 24.0 Å². The summed E-state index contributed by atoms with van der Waals surface area (Å²) >= 11 is 0. The Bertz CT molecular complexity index is 586. The Balaban J connectivity index is 2.09. The molecule has 0 aliphatic carbocycles. The van der Waals surface area contributed by atoms with Gasteiger partial charge in [0, 0.05) is 19.8 Å². The van der Waals surface area contributed by atoms with E-state index in [2.05, 4.69) is 10.3 Å². The van der Waals surface area contributed by atoms with E-state index in [4.69, 9.17) is 5.26 Å². The standard InChI is InChI=1S/C13H18N4O2S/c1-17(10-11-3-2-6-15-8-11)20(18,19)13-5-4-12(7-14)16-9-13/h4-5,9,11,15H,2-3,6,8,10H2,1H3. The van der Waals surface area contributed by atoms with E-state index in [1.165, 1.54) is 22.6 Å². The lowest BCUT2D eigenvalue weighted by Crippen LogP contribution is -2.39. The molecule has 20 heavy (non-hydrogen) atoms. The van der Waals surface area contributed by atoms with Crippen molar-refractivity contribution in [3.8, 4) is 6.07 Å². The number of pyridine rings is 1. The minimum atomic E-state index is -3.53. The number of aromatic nitrogens is 1. The highest BCUT2D eigenvalue weighted by Gasteiger charge is 2.25. The summed E-state index contributed by atoms with van der Waals surface area (Å²) in [6, 6.07) is 4.72. The third-order valence-corrected chi connectivity index (χ3v) is 5.28. The molecule has 0 amide bonds. The molecule has 0 bridgehead atoms. The van der Waals surface area contributed by atoms with Crippen LogP contribution in [0.2, 0.25) is 0 Å². The molecule has 1 aromatic rings. The second-order valence-electron chi connectivity index (χ2n) is 4.99. The van der Waals surface area contributed by atoms with E-state index in [1.54, 1.807) is 7.05 Å². The van der Waals surface area contributed by atoms with E-state index in [0.717, 1.165) is 25.9 Å². The van der Waals surface area contributed by atoms with Crippen LogP contribution in [0.1, 0.15) is 18.5 Å². The van der Waals surface area contributed by atoms with Gasteiger partial charge >= 0.3 is 0 Å². The zero-order valence-corrected chi connectivity index (χ0v) is 12.2. The number of nitrogens with one attached hydrogen (secondary N) is 1. The van der Waals surface area contributed by atoms with Crippen molar-refractivity contribution in [1.29, 1.82) is 5.26 Å². The van der Waals surface area contributed by atoms with Crippen LogP contribution < -0.4 is 5.32 Å². The summed E-state index contributed by atoms with van der Waals surface area (Å²) in [5.74, 6) is 0.342. The summed E-state index contributed by atoms with van der Waals surface area (Å²) in [4.78, 5) is 3.94. The summed E-state index contributed by atoms with van der Waals surface area (Å²) in [6.45, 7) is 2.35. The van der Waals surface area contributed by atoms with E-state index in [0.29, 0.717) is 12.5 Å². The van der Waals surface area contributed by atoms with Gasteiger partial charge in [-0.25, -0.2) is 17.7 Å². The lowest BCUT2D eigenvalue weighted by atomic mass is 10.00. The molecule has 1 unspecified atom stereocenters. The number of piperidine rings is 1. The van der Waals surface area contributed by atoms with Crippen molar-refractivity contribution in [3.63, 3.8) is 0 Å². The van der Waals surface area contributed by atoms with Crippen LogP contribution in [0.4, 0.5) is 0 Å². The van der Waals surface area contributed by atoms with Gasteiger partial charge in [0.2, 0.25) is 10.0 Å². The monoisotopic (exact) mass is 294 g/mol. The lowest BCUT2D eigenvalue weighted by molar-refractivity contribution is 0.314. The van der Waals surface area contributed by atoms with Gasteiger partial charge in [-0.1, -0.05) is 0 Å². The van der Waals surface area contributed by atoms with Crippen LogP contribution in [-0.2, 0) is 10.0 Å². The first-order chi connectivity index (χ1) is 9.54. The number of rotatable bonds is 4. The molecule has 1 N–H and O–H groups in total. The van der Waals surface area contributed by atoms with Crippen molar-refractivity contribution in [2.75, 3.05) is 26.7 Å². The number of hydrogen-bond acceptors (Lipinski definition) is 5. The third-order valence-electron chi connectivity index (χ3n) is 3.47. The summed E-state index contributed by atoms with van der Waals surface area (Å²) < 4.78 is 26.1. The van der Waals surface area contributed by atoms with Crippen LogP contribution in [-0.4, -0.2) is 44.4 Å². The fraction of sp³-hybridized carbons (Fsp3) is 0.538. The molecular formula is C13H18N4O2S. The van der Waals surface area contributed by atoms with E-state index in [1.807, 2.05) is 6.07 Å². The molecule has 6 nitrogen and oxygen atoms in total. The molecule has 1 saturated heterocycles. The molecular weight excluding hydrogens is 276 g/mol. The van der Waals surface area contributed by atoms with E-state index < -0.39 is 10.0 Å². The van der Waals surface area contributed by atoms with E-state index >= 15 is 0 Å². The Morgan fingerprint density at radius 1 is 1.55 bits per heavy atom. The minimum Gasteiger partial charge on any atom is -0.316 e. The second-order valence-corrected chi connectivity index (χ2v) is 7.03. The molecule has 1 aromatic heterocycles. The zero-order chi connectivity index (χ0) is 14.6. The highest BCUT2D eigenvalue weighted by molar-refractivity contribution is 7.89. The Morgan fingerprint density at radius 2 is 2.35 bits per heavy atom. The van der Waals surface area contributed by atoms with Gasteiger partial charge in [-0.2, -0.15) is 5.26 Å². The Kier molecular flexibility index (Phi) is 4.70. The van der Waals surface area contributed by atoms with Gasteiger partial charge in [0.05, 0.1) is 0 Å². The molecule has 0 radical (unpaired) electrons. The van der Waals surface area contributed by atoms with Crippen LogP contribution in [0.3, 0.4) is 0 Å². The molecule has 0 saturated carbocycles. The molecule has 1 fully saturated rings. The van der Waals surface area contributed by atoms with Gasteiger partial charge in [-0.05, 0) is 44.0 Å². The van der Waals surface area contributed by atoms with Gasteiger partial charge in [0.1, 0.15) is 16.7 Å².